The third kappa shape index (κ3) is 11.7. The Labute approximate surface area is 320 Å². The zero-order valence-electron chi connectivity index (χ0n) is 30.6. The number of sulfonamides is 1. The Balaban J connectivity index is 1.25. The van der Waals surface area contributed by atoms with E-state index in [1.54, 1.807) is 36.4 Å². The highest BCUT2D eigenvalue weighted by molar-refractivity contribution is 7.89. The van der Waals surface area contributed by atoms with Crippen LogP contribution in [0.5, 0.6) is 0 Å². The van der Waals surface area contributed by atoms with Gasteiger partial charge in [0.05, 0.1) is 11.5 Å². The summed E-state index contributed by atoms with van der Waals surface area (Å²) in [6, 6.07) is 21.1. The van der Waals surface area contributed by atoms with Crippen LogP contribution in [0, 0.1) is 17.8 Å². The molecule has 5 N–H and O–H groups in total. The summed E-state index contributed by atoms with van der Waals surface area (Å²) in [6.45, 7) is 5.57. The van der Waals surface area contributed by atoms with Crippen LogP contribution in [0.25, 0.3) is 22.5 Å². The zero-order valence-corrected chi connectivity index (χ0v) is 32.2. The number of benzene rings is 3. The summed E-state index contributed by atoms with van der Waals surface area (Å²) in [5, 5.41) is 21.6. The first-order valence-corrected chi connectivity index (χ1v) is 19.8. The molecule has 1 heterocycles. The number of ether oxygens (including phenoxy) is 1. The molecule has 15 heteroatoms. The highest BCUT2D eigenvalue weighted by Gasteiger charge is 2.31. The number of hydrogen-bond acceptors (Lipinski definition) is 9. The van der Waals surface area contributed by atoms with Gasteiger partial charge in [-0.2, -0.15) is 10.1 Å². The molecule has 0 radical (unpaired) electrons. The molecular weight excluding hydrogens is 732 g/mol. The van der Waals surface area contributed by atoms with E-state index in [2.05, 4.69) is 30.5 Å². The predicted molar refractivity (Wildman–Crippen MR) is 206 cm³/mol. The number of carbonyl (C=O) groups excluding carboxylic acids is 3. The number of aliphatic hydroxyl groups is 1. The Morgan fingerprint density at radius 3 is 2.11 bits per heavy atom. The van der Waals surface area contributed by atoms with E-state index in [1.165, 1.54) is 12.1 Å². The lowest BCUT2D eigenvalue weighted by molar-refractivity contribution is -0.129. The number of amides is 2. The van der Waals surface area contributed by atoms with Gasteiger partial charge in [-0.25, -0.2) is 23.0 Å². The standard InChI is InChI=1S/C39H47ClN6O7S/c1-39(2,3)53-38(50)41-24-26-6-10-29(11-7-26)34(48)23-31(36(49)43-32-16-12-30(13-17-32)35-44-37(40)46-45-35)22-25-4-8-27(9-5-25)28-14-18-33(19-15-28)54(51,52)42-20-21-47/h4-5,8-9,12-19,26,29,31,42,47H,6-7,10-11,20-24H2,1-3H3,(H,41,50)(H,43,49)(H,44,45,46)/t26?,29?,31-/m1/s1. The van der Waals surface area contributed by atoms with Crippen LogP contribution in [0.15, 0.2) is 77.7 Å². The van der Waals surface area contributed by atoms with Crippen molar-refractivity contribution in [1.29, 1.82) is 0 Å². The number of aliphatic hydroxyl groups excluding tert-OH is 1. The first kappa shape index (κ1) is 40.6. The summed E-state index contributed by atoms with van der Waals surface area (Å²) in [5.74, 6) is -0.362. The van der Waals surface area contributed by atoms with E-state index in [-0.39, 0.29) is 53.3 Å². The van der Waals surface area contributed by atoms with Crippen LogP contribution in [0.2, 0.25) is 5.28 Å². The number of aromatic nitrogens is 3. The number of H-pyrrole nitrogens is 1. The van der Waals surface area contributed by atoms with E-state index < -0.39 is 27.6 Å². The number of nitrogens with zero attached hydrogens (tertiary/aromatic N) is 2. The zero-order chi connectivity index (χ0) is 38.9. The fourth-order valence-electron chi connectivity index (χ4n) is 6.42. The molecule has 0 unspecified atom stereocenters. The van der Waals surface area contributed by atoms with Gasteiger partial charge in [-0.3, -0.25) is 9.59 Å². The smallest absolute Gasteiger partial charge is 0.407 e. The summed E-state index contributed by atoms with van der Waals surface area (Å²) >= 11 is 5.87. The number of hydrogen-bond donors (Lipinski definition) is 5. The first-order chi connectivity index (χ1) is 25.7. The fourth-order valence-corrected chi connectivity index (χ4v) is 7.57. The van der Waals surface area contributed by atoms with E-state index in [1.807, 2.05) is 45.0 Å². The van der Waals surface area contributed by atoms with Crippen molar-refractivity contribution < 1.29 is 32.6 Å². The molecule has 1 atom stereocenters. The summed E-state index contributed by atoms with van der Waals surface area (Å²) in [4.78, 5) is 43.9. The van der Waals surface area contributed by atoms with Gasteiger partial charge in [0.1, 0.15) is 11.4 Å². The Morgan fingerprint density at radius 2 is 1.54 bits per heavy atom. The molecule has 1 aliphatic rings. The quantitative estimate of drug-likeness (QED) is 0.0942. The maximum Gasteiger partial charge on any atom is 0.407 e. The Bertz CT molecular complexity index is 1990. The fraction of sp³-hybridized carbons (Fsp3) is 0.410. The highest BCUT2D eigenvalue weighted by Crippen LogP contribution is 2.32. The second-order valence-corrected chi connectivity index (χ2v) is 16.7. The number of halogens is 1. The molecule has 1 fully saturated rings. The Morgan fingerprint density at radius 1 is 0.926 bits per heavy atom. The minimum Gasteiger partial charge on any atom is -0.444 e. The molecule has 0 spiro atoms. The maximum absolute atomic E-state index is 13.8. The normalized spacial score (nSPS) is 16.7. The van der Waals surface area contributed by atoms with Crippen molar-refractivity contribution in [1.82, 2.24) is 25.2 Å². The van der Waals surface area contributed by atoms with Gasteiger partial charge in [-0.15, -0.1) is 0 Å². The van der Waals surface area contributed by atoms with Gasteiger partial charge >= 0.3 is 6.09 Å². The number of rotatable bonds is 15. The Hall–Kier alpha value is -4.63. The molecule has 3 aromatic carbocycles. The Kier molecular flexibility index (Phi) is 13.6. The van der Waals surface area contributed by atoms with Crippen molar-refractivity contribution in [3.63, 3.8) is 0 Å². The highest BCUT2D eigenvalue weighted by atomic mass is 35.5. The minimum absolute atomic E-state index is 0.0469. The average Bonchev–Trinajstić information content (AvgIpc) is 3.59. The van der Waals surface area contributed by atoms with Crippen LogP contribution in [0.1, 0.15) is 58.4 Å². The molecule has 1 aromatic heterocycles. The number of aromatic amines is 1. The molecule has 2 amide bonds. The van der Waals surface area contributed by atoms with Crippen molar-refractivity contribution in [2.24, 2.45) is 17.8 Å². The van der Waals surface area contributed by atoms with Gasteiger partial charge in [0.25, 0.3) is 0 Å². The number of carbonyl (C=O) groups is 3. The summed E-state index contributed by atoms with van der Waals surface area (Å²) in [5.41, 5.74) is 3.23. The van der Waals surface area contributed by atoms with E-state index in [9.17, 15) is 22.8 Å². The number of anilines is 1. The first-order valence-electron chi connectivity index (χ1n) is 18.0. The van der Waals surface area contributed by atoms with E-state index in [0.29, 0.717) is 37.3 Å². The third-order valence-corrected chi connectivity index (χ3v) is 10.9. The van der Waals surface area contributed by atoms with E-state index >= 15 is 0 Å². The molecule has 1 saturated carbocycles. The van der Waals surface area contributed by atoms with Crippen LogP contribution in [0.3, 0.4) is 0 Å². The molecule has 4 aromatic rings. The molecule has 5 rings (SSSR count). The van der Waals surface area contributed by atoms with Gasteiger partial charge in [0.2, 0.25) is 21.2 Å². The van der Waals surface area contributed by atoms with E-state index in [0.717, 1.165) is 35.1 Å². The monoisotopic (exact) mass is 778 g/mol. The molecule has 1 aliphatic carbocycles. The topological polar surface area (TPSA) is 192 Å². The lowest BCUT2D eigenvalue weighted by Gasteiger charge is -2.29. The van der Waals surface area contributed by atoms with Crippen molar-refractivity contribution in [3.05, 3.63) is 83.6 Å². The van der Waals surface area contributed by atoms with Gasteiger partial charge in [0.15, 0.2) is 5.82 Å². The lowest BCUT2D eigenvalue weighted by atomic mass is 9.77. The van der Waals surface area contributed by atoms with Crippen LogP contribution in [0.4, 0.5) is 10.5 Å². The van der Waals surface area contributed by atoms with Gasteiger partial charge in [-0.05, 0) is 123 Å². The van der Waals surface area contributed by atoms with Crippen LogP contribution >= 0.6 is 11.6 Å². The third-order valence-electron chi connectivity index (χ3n) is 9.26. The number of ketones is 1. The molecule has 54 heavy (non-hydrogen) atoms. The second-order valence-electron chi connectivity index (χ2n) is 14.5. The van der Waals surface area contributed by atoms with Gasteiger partial charge in [-0.1, -0.05) is 36.4 Å². The molecule has 288 valence electrons. The number of alkyl carbamates (subject to hydrolysis) is 1. The van der Waals surface area contributed by atoms with Crippen molar-refractivity contribution in [2.45, 2.75) is 69.8 Å². The predicted octanol–water partition coefficient (Wildman–Crippen LogP) is 6.15. The molecule has 0 bridgehead atoms. The van der Waals surface area contributed by atoms with Crippen molar-refractivity contribution >= 4 is 45.1 Å². The largest absolute Gasteiger partial charge is 0.444 e. The maximum atomic E-state index is 13.8. The summed E-state index contributed by atoms with van der Waals surface area (Å²) in [7, 11) is -3.73. The van der Waals surface area contributed by atoms with Crippen molar-refractivity contribution in [2.75, 3.05) is 25.0 Å². The average molecular weight is 779 g/mol. The second kappa shape index (κ2) is 18.1. The van der Waals surface area contributed by atoms with Crippen LogP contribution < -0.4 is 15.4 Å². The van der Waals surface area contributed by atoms with Crippen LogP contribution in [-0.4, -0.2) is 71.8 Å². The van der Waals surface area contributed by atoms with Crippen molar-refractivity contribution in [3.8, 4) is 22.5 Å². The SMILES string of the molecule is CC(C)(C)OC(=O)NCC1CCC(C(=O)C[C@@H](Cc2ccc(-c3ccc(S(=O)(=O)NCCO)cc3)cc2)C(=O)Nc2ccc(-c3n[nH]c(Cl)n3)cc2)CC1. The minimum atomic E-state index is -3.73. The molecule has 0 aliphatic heterocycles. The molecule has 0 saturated heterocycles. The molecular formula is C39H47ClN6O7S. The summed E-state index contributed by atoms with van der Waals surface area (Å²) in [6.07, 6.45) is 2.91. The molecule has 13 nitrogen and oxygen atoms in total. The lowest BCUT2D eigenvalue weighted by Crippen LogP contribution is -2.37. The van der Waals surface area contributed by atoms with E-state index in [4.69, 9.17) is 21.4 Å². The van der Waals surface area contributed by atoms with Gasteiger partial charge in [0, 0.05) is 42.6 Å². The summed E-state index contributed by atoms with van der Waals surface area (Å²) < 4.78 is 32.5. The number of nitrogens with one attached hydrogen (secondary N) is 4. The van der Waals surface area contributed by atoms with Gasteiger partial charge < -0.3 is 20.5 Å². The number of Topliss-reactive ketones (excluding diaryl/α,β-unsaturated/α-hetero) is 1. The van der Waals surface area contributed by atoms with Crippen LogP contribution in [-0.2, 0) is 30.8 Å².